The summed E-state index contributed by atoms with van der Waals surface area (Å²) in [6.07, 6.45) is 0. The maximum absolute atomic E-state index is 11.9. The van der Waals surface area contributed by atoms with Crippen molar-refractivity contribution in [3.05, 3.63) is 23.8 Å². The van der Waals surface area contributed by atoms with Gasteiger partial charge in [0.15, 0.2) is 0 Å². The summed E-state index contributed by atoms with van der Waals surface area (Å²) in [6, 6.07) is 3.94. The summed E-state index contributed by atoms with van der Waals surface area (Å²) < 4.78 is 0. The molecule has 100 valence electrons. The summed E-state index contributed by atoms with van der Waals surface area (Å²) in [5.41, 5.74) is 0.290. The van der Waals surface area contributed by atoms with Crippen LogP contribution in [0.3, 0.4) is 0 Å². The predicted octanol–water partition coefficient (Wildman–Crippen LogP) is 2.51. The van der Waals surface area contributed by atoms with Gasteiger partial charge in [-0.05, 0) is 23.5 Å². The quantitative estimate of drug-likeness (QED) is 0.773. The SMILES string of the molecule is CC(CNC(=O)c1ccc(O)cc1O)C(C)(C)C. The molecule has 0 saturated carbocycles. The van der Waals surface area contributed by atoms with Crippen molar-refractivity contribution in [1.29, 1.82) is 0 Å². The molecule has 0 bridgehead atoms. The molecular formula is C14H21NO3. The van der Waals surface area contributed by atoms with Crippen LogP contribution >= 0.6 is 0 Å². The molecule has 0 aliphatic carbocycles. The van der Waals surface area contributed by atoms with Crippen molar-refractivity contribution in [2.75, 3.05) is 6.54 Å². The maximum Gasteiger partial charge on any atom is 0.255 e. The van der Waals surface area contributed by atoms with Gasteiger partial charge in [0, 0.05) is 12.6 Å². The van der Waals surface area contributed by atoms with E-state index < -0.39 is 0 Å². The Morgan fingerprint density at radius 1 is 1.33 bits per heavy atom. The fourth-order valence-electron chi connectivity index (χ4n) is 1.36. The van der Waals surface area contributed by atoms with E-state index >= 15 is 0 Å². The Morgan fingerprint density at radius 2 is 1.94 bits per heavy atom. The lowest BCUT2D eigenvalue weighted by molar-refractivity contribution is 0.0934. The first kappa shape index (κ1) is 14.4. The van der Waals surface area contributed by atoms with E-state index in [0.717, 1.165) is 6.07 Å². The number of phenolic OH excluding ortho intramolecular Hbond substituents is 2. The Labute approximate surface area is 108 Å². The number of hydrogen-bond donors (Lipinski definition) is 3. The third-order valence-corrected chi connectivity index (χ3v) is 3.27. The fourth-order valence-corrected chi connectivity index (χ4v) is 1.36. The zero-order chi connectivity index (χ0) is 13.9. The molecule has 1 unspecified atom stereocenters. The van der Waals surface area contributed by atoms with Crippen molar-refractivity contribution in [2.24, 2.45) is 11.3 Å². The molecule has 1 rings (SSSR count). The third kappa shape index (κ3) is 3.65. The summed E-state index contributed by atoms with van der Waals surface area (Å²) in [7, 11) is 0. The zero-order valence-electron chi connectivity index (χ0n) is 11.3. The molecule has 1 aromatic carbocycles. The van der Waals surface area contributed by atoms with Crippen LogP contribution in [-0.2, 0) is 0 Å². The number of hydrogen-bond acceptors (Lipinski definition) is 3. The molecule has 0 aromatic heterocycles. The lowest BCUT2D eigenvalue weighted by atomic mass is 9.82. The van der Waals surface area contributed by atoms with Gasteiger partial charge in [-0.1, -0.05) is 27.7 Å². The number of phenols is 2. The summed E-state index contributed by atoms with van der Waals surface area (Å²) >= 11 is 0. The van der Waals surface area contributed by atoms with Gasteiger partial charge >= 0.3 is 0 Å². The van der Waals surface area contributed by atoms with Gasteiger partial charge in [0.1, 0.15) is 11.5 Å². The van der Waals surface area contributed by atoms with Crippen molar-refractivity contribution >= 4 is 5.91 Å². The maximum atomic E-state index is 11.9. The third-order valence-electron chi connectivity index (χ3n) is 3.27. The van der Waals surface area contributed by atoms with Crippen LogP contribution in [0.1, 0.15) is 38.1 Å². The van der Waals surface area contributed by atoms with Gasteiger partial charge in [-0.15, -0.1) is 0 Å². The average molecular weight is 251 g/mol. The van der Waals surface area contributed by atoms with Gasteiger partial charge < -0.3 is 15.5 Å². The molecule has 0 heterocycles. The van der Waals surface area contributed by atoms with E-state index in [4.69, 9.17) is 5.11 Å². The first-order chi connectivity index (χ1) is 8.21. The molecule has 0 spiro atoms. The Bertz CT molecular complexity index is 435. The molecule has 4 nitrogen and oxygen atoms in total. The van der Waals surface area contributed by atoms with Gasteiger partial charge in [-0.25, -0.2) is 0 Å². The van der Waals surface area contributed by atoms with Crippen LogP contribution in [0.4, 0.5) is 0 Å². The number of nitrogens with one attached hydrogen (secondary N) is 1. The Balaban J connectivity index is 2.66. The molecule has 3 N–H and O–H groups in total. The molecule has 1 atom stereocenters. The minimum atomic E-state index is -0.330. The van der Waals surface area contributed by atoms with E-state index in [0.29, 0.717) is 12.5 Å². The predicted molar refractivity (Wildman–Crippen MR) is 70.7 cm³/mol. The number of carbonyl (C=O) groups excluding carboxylic acids is 1. The topological polar surface area (TPSA) is 69.6 Å². The lowest BCUT2D eigenvalue weighted by Crippen LogP contribution is -2.33. The molecule has 0 fully saturated rings. The standard InChI is InChI=1S/C14H21NO3/c1-9(14(2,3)4)8-15-13(18)11-6-5-10(16)7-12(11)17/h5-7,9,16-17H,8H2,1-4H3,(H,15,18). The van der Waals surface area contributed by atoms with E-state index in [1.165, 1.54) is 12.1 Å². The molecular weight excluding hydrogens is 230 g/mol. The zero-order valence-corrected chi connectivity index (χ0v) is 11.3. The summed E-state index contributed by atoms with van der Waals surface area (Å²) in [4.78, 5) is 11.9. The van der Waals surface area contributed by atoms with Crippen LogP contribution in [0.5, 0.6) is 11.5 Å². The summed E-state index contributed by atoms with van der Waals surface area (Å²) in [5, 5.41) is 21.5. The van der Waals surface area contributed by atoms with Crippen molar-refractivity contribution in [1.82, 2.24) is 5.32 Å². The number of carbonyl (C=O) groups is 1. The molecule has 0 radical (unpaired) electrons. The van der Waals surface area contributed by atoms with Crippen LogP contribution in [0, 0.1) is 11.3 Å². The normalized spacial score (nSPS) is 13.1. The Kier molecular flexibility index (Phi) is 4.22. The van der Waals surface area contributed by atoms with Gasteiger partial charge in [0.25, 0.3) is 5.91 Å². The lowest BCUT2D eigenvalue weighted by Gasteiger charge is -2.27. The minimum absolute atomic E-state index is 0.0629. The average Bonchev–Trinajstić information content (AvgIpc) is 2.24. The van der Waals surface area contributed by atoms with Crippen LogP contribution in [0.25, 0.3) is 0 Å². The Hall–Kier alpha value is -1.71. The largest absolute Gasteiger partial charge is 0.508 e. The minimum Gasteiger partial charge on any atom is -0.508 e. The van der Waals surface area contributed by atoms with Gasteiger partial charge in [0.2, 0.25) is 0 Å². The van der Waals surface area contributed by atoms with E-state index in [1.54, 1.807) is 0 Å². The number of rotatable bonds is 3. The van der Waals surface area contributed by atoms with Gasteiger partial charge in [-0.2, -0.15) is 0 Å². The van der Waals surface area contributed by atoms with E-state index in [9.17, 15) is 9.90 Å². The molecule has 0 aliphatic heterocycles. The van der Waals surface area contributed by atoms with Gasteiger partial charge in [-0.3, -0.25) is 4.79 Å². The highest BCUT2D eigenvalue weighted by Gasteiger charge is 2.21. The van der Waals surface area contributed by atoms with Crippen molar-refractivity contribution in [3.8, 4) is 11.5 Å². The van der Waals surface area contributed by atoms with E-state index in [-0.39, 0.29) is 28.4 Å². The van der Waals surface area contributed by atoms with Crippen molar-refractivity contribution in [2.45, 2.75) is 27.7 Å². The molecule has 18 heavy (non-hydrogen) atoms. The Morgan fingerprint density at radius 3 is 2.44 bits per heavy atom. The van der Waals surface area contributed by atoms with E-state index in [2.05, 4.69) is 33.0 Å². The molecule has 1 aromatic rings. The second-order valence-corrected chi connectivity index (χ2v) is 5.68. The van der Waals surface area contributed by atoms with Crippen molar-refractivity contribution < 1.29 is 15.0 Å². The molecule has 1 amide bonds. The second kappa shape index (κ2) is 5.29. The highest BCUT2D eigenvalue weighted by atomic mass is 16.3. The first-order valence-corrected chi connectivity index (χ1v) is 6.02. The summed E-state index contributed by atoms with van der Waals surface area (Å²) in [5.74, 6) is -0.285. The molecule has 0 aliphatic rings. The highest BCUT2D eigenvalue weighted by Crippen LogP contribution is 2.25. The monoisotopic (exact) mass is 251 g/mol. The summed E-state index contributed by atoms with van der Waals surface area (Å²) in [6.45, 7) is 8.95. The number of aromatic hydroxyl groups is 2. The van der Waals surface area contributed by atoms with Crippen LogP contribution in [0.15, 0.2) is 18.2 Å². The fraction of sp³-hybridized carbons (Fsp3) is 0.500. The van der Waals surface area contributed by atoms with E-state index in [1.807, 2.05) is 0 Å². The first-order valence-electron chi connectivity index (χ1n) is 6.02. The second-order valence-electron chi connectivity index (χ2n) is 5.68. The van der Waals surface area contributed by atoms with Crippen molar-refractivity contribution in [3.63, 3.8) is 0 Å². The van der Waals surface area contributed by atoms with Crippen LogP contribution in [-0.4, -0.2) is 22.7 Å². The van der Waals surface area contributed by atoms with Crippen LogP contribution < -0.4 is 5.32 Å². The molecule has 0 saturated heterocycles. The smallest absolute Gasteiger partial charge is 0.255 e. The van der Waals surface area contributed by atoms with Crippen LogP contribution in [0.2, 0.25) is 0 Å². The number of amides is 1. The highest BCUT2D eigenvalue weighted by molar-refractivity contribution is 5.96. The molecule has 4 heteroatoms. The van der Waals surface area contributed by atoms with Gasteiger partial charge in [0.05, 0.1) is 5.56 Å². The number of benzene rings is 1.